The van der Waals surface area contributed by atoms with Gasteiger partial charge in [0.2, 0.25) is 23.6 Å². The van der Waals surface area contributed by atoms with Crippen LogP contribution < -0.4 is 14.5 Å². The molecular weight excluding hydrogens is 687 g/mol. The molecule has 2 aliphatic heterocycles. The molecule has 2 aliphatic carbocycles. The molecule has 11 heteroatoms. The summed E-state index contributed by atoms with van der Waals surface area (Å²) in [6, 6.07) is 23.5. The van der Waals surface area contributed by atoms with E-state index < -0.39 is 64.5 Å². The number of rotatable bonds is 6. The average molecular weight is 719 g/mol. The summed E-state index contributed by atoms with van der Waals surface area (Å²) in [5.74, 6) is -6.89. The van der Waals surface area contributed by atoms with Gasteiger partial charge in [0.1, 0.15) is 17.3 Å². The van der Waals surface area contributed by atoms with Crippen LogP contribution in [0.25, 0.3) is 0 Å². The van der Waals surface area contributed by atoms with Gasteiger partial charge in [-0.15, -0.1) is 0 Å². The van der Waals surface area contributed by atoms with Gasteiger partial charge in [-0.3, -0.25) is 28.9 Å². The number of carbonyl (C=O) groups is 5. The van der Waals surface area contributed by atoms with E-state index in [1.54, 1.807) is 67.6 Å². The molecule has 4 amide bonds. The first-order chi connectivity index (χ1) is 25.0. The number of phenolic OH excluding ortho intramolecular Hbond substituents is 1. The van der Waals surface area contributed by atoms with Crippen LogP contribution in [0.4, 0.5) is 15.8 Å². The summed E-state index contributed by atoms with van der Waals surface area (Å²) in [6.45, 7) is 1.68. The van der Waals surface area contributed by atoms with E-state index in [1.807, 2.05) is 12.1 Å². The molecule has 0 radical (unpaired) electrons. The summed E-state index contributed by atoms with van der Waals surface area (Å²) in [5.41, 5.74) is 0.813. The molecule has 4 aromatic rings. The van der Waals surface area contributed by atoms with Crippen molar-refractivity contribution in [3.8, 4) is 11.5 Å². The Balaban J connectivity index is 1.20. The van der Waals surface area contributed by atoms with Gasteiger partial charge in [0.25, 0.3) is 0 Å². The highest BCUT2D eigenvalue weighted by Gasteiger charge is 2.68. The number of halogens is 2. The molecule has 6 atom stereocenters. The third-order valence-electron chi connectivity index (χ3n) is 11.4. The van der Waals surface area contributed by atoms with Crippen molar-refractivity contribution >= 4 is 52.4 Å². The Kier molecular flexibility index (Phi) is 7.91. The van der Waals surface area contributed by atoms with Gasteiger partial charge >= 0.3 is 0 Å². The number of aromatic hydroxyl groups is 1. The van der Waals surface area contributed by atoms with Crippen molar-refractivity contribution in [2.24, 2.45) is 29.1 Å². The number of hydrogen-bond donors (Lipinski definition) is 1. The first kappa shape index (κ1) is 33.5. The predicted octanol–water partition coefficient (Wildman–Crippen LogP) is 6.86. The smallest absolute Gasteiger partial charge is 0.241 e. The van der Waals surface area contributed by atoms with Crippen LogP contribution in [0.15, 0.2) is 103 Å². The number of imide groups is 2. The Morgan fingerprint density at radius 2 is 1.54 bits per heavy atom. The maximum atomic E-state index is 14.7. The third-order valence-corrected chi connectivity index (χ3v) is 11.7. The van der Waals surface area contributed by atoms with Crippen LogP contribution in [0.3, 0.4) is 0 Å². The molecule has 0 aromatic heterocycles. The fourth-order valence-corrected chi connectivity index (χ4v) is 9.14. The lowest BCUT2D eigenvalue weighted by Gasteiger charge is -2.49. The summed E-state index contributed by atoms with van der Waals surface area (Å²) < 4.78 is 19.9. The van der Waals surface area contributed by atoms with E-state index in [-0.39, 0.29) is 40.8 Å². The quantitative estimate of drug-likeness (QED) is 0.131. The summed E-state index contributed by atoms with van der Waals surface area (Å²) in [4.78, 5) is 72.8. The highest BCUT2D eigenvalue weighted by Crippen LogP contribution is 2.65. The number of phenols is 1. The highest BCUT2D eigenvalue weighted by atomic mass is 35.5. The molecule has 9 nitrogen and oxygen atoms in total. The summed E-state index contributed by atoms with van der Waals surface area (Å²) in [5, 5.41) is 11.1. The lowest BCUT2D eigenvalue weighted by molar-refractivity contribution is -0.131. The van der Waals surface area contributed by atoms with Crippen LogP contribution >= 0.6 is 11.6 Å². The lowest BCUT2D eigenvalue weighted by atomic mass is 9.51. The zero-order valence-electron chi connectivity index (χ0n) is 28.1. The molecule has 4 aromatic carbocycles. The third kappa shape index (κ3) is 4.77. The maximum absolute atomic E-state index is 14.7. The molecular formula is C41H32ClFN2O7. The molecule has 8 rings (SSSR count). The number of amides is 4. The van der Waals surface area contributed by atoms with Crippen molar-refractivity contribution < 1.29 is 38.2 Å². The highest BCUT2D eigenvalue weighted by molar-refractivity contribution is 6.32. The van der Waals surface area contributed by atoms with Crippen LogP contribution in [0, 0.1) is 34.9 Å². The largest absolute Gasteiger partial charge is 0.508 e. The lowest BCUT2D eigenvalue weighted by Crippen LogP contribution is -2.49. The second kappa shape index (κ2) is 12.3. The number of anilines is 2. The predicted molar refractivity (Wildman–Crippen MR) is 189 cm³/mol. The fraction of sp³-hybridized carbons (Fsp3) is 0.244. The number of benzene rings is 4. The van der Waals surface area contributed by atoms with E-state index in [1.165, 1.54) is 25.3 Å². The SMILES string of the molecule is COc1cccc(O)c1C1C2=CCC3C(=O)N(c4ccc(C(=O)c5ccccc5)cc4)C(=O)C3C2CC2C(=O)N(c3ccc(F)c(Cl)c3)C(=O)C21C. The van der Waals surface area contributed by atoms with E-state index >= 15 is 0 Å². The topological polar surface area (TPSA) is 121 Å². The van der Waals surface area contributed by atoms with Gasteiger partial charge in [0.15, 0.2) is 5.78 Å². The number of hydrogen-bond acceptors (Lipinski definition) is 7. The molecule has 4 aliphatic rings. The molecule has 262 valence electrons. The number of allylic oxidation sites excluding steroid dienone is 2. The molecule has 0 spiro atoms. The van der Waals surface area contributed by atoms with Crippen molar-refractivity contribution in [2.45, 2.75) is 25.7 Å². The second-order valence-corrected chi connectivity index (χ2v) is 14.3. The van der Waals surface area contributed by atoms with Crippen molar-refractivity contribution in [3.05, 3.63) is 130 Å². The Bertz CT molecular complexity index is 2240. The first-order valence-corrected chi connectivity index (χ1v) is 17.3. The number of methoxy groups -OCH3 is 1. The summed E-state index contributed by atoms with van der Waals surface area (Å²) >= 11 is 6.09. The Hall–Kier alpha value is -5.61. The second-order valence-electron chi connectivity index (χ2n) is 13.9. The van der Waals surface area contributed by atoms with Gasteiger partial charge in [-0.2, -0.15) is 0 Å². The van der Waals surface area contributed by atoms with Crippen molar-refractivity contribution in [2.75, 3.05) is 16.9 Å². The van der Waals surface area contributed by atoms with E-state index in [2.05, 4.69) is 0 Å². The van der Waals surface area contributed by atoms with Crippen molar-refractivity contribution in [1.29, 1.82) is 0 Å². The van der Waals surface area contributed by atoms with E-state index in [4.69, 9.17) is 16.3 Å². The van der Waals surface area contributed by atoms with Gasteiger partial charge in [0.05, 0.1) is 46.7 Å². The first-order valence-electron chi connectivity index (χ1n) is 16.9. The molecule has 6 unspecified atom stereocenters. The van der Waals surface area contributed by atoms with Gasteiger partial charge < -0.3 is 9.84 Å². The molecule has 52 heavy (non-hydrogen) atoms. The average Bonchev–Trinajstić information content (AvgIpc) is 3.52. The van der Waals surface area contributed by atoms with Crippen molar-refractivity contribution in [1.82, 2.24) is 0 Å². The maximum Gasteiger partial charge on any atom is 0.241 e. The number of fused-ring (bicyclic) bond motifs is 4. The fourth-order valence-electron chi connectivity index (χ4n) is 8.97. The molecule has 1 saturated carbocycles. The Morgan fingerprint density at radius 1 is 0.846 bits per heavy atom. The van der Waals surface area contributed by atoms with Crippen LogP contribution in [-0.2, 0) is 19.2 Å². The standard InChI is InChI=1S/C41H32ClFN2O7/c1-41-28(38(49)45(40(41)51)24-15-18-30(43)29(42)19-24)20-27-25(35(41)34-31(46)9-6-10-32(34)52-2)16-17-26-33(27)39(50)44(37(26)48)23-13-11-22(12-14-23)36(47)21-7-4-3-5-8-21/h3-16,18-19,26-28,33,35,46H,17,20H2,1-2H3. The summed E-state index contributed by atoms with van der Waals surface area (Å²) in [6.07, 6.45) is 2.13. The number of carbonyl (C=O) groups excluding carboxylic acids is 5. The van der Waals surface area contributed by atoms with Crippen LogP contribution in [0.1, 0.15) is 47.2 Å². The van der Waals surface area contributed by atoms with Gasteiger partial charge in [-0.05, 0) is 80.3 Å². The zero-order chi connectivity index (χ0) is 36.6. The van der Waals surface area contributed by atoms with Crippen LogP contribution in [-0.4, -0.2) is 41.6 Å². The van der Waals surface area contributed by atoms with Gasteiger partial charge in [-0.25, -0.2) is 9.29 Å². The minimum atomic E-state index is -1.47. The Morgan fingerprint density at radius 3 is 2.23 bits per heavy atom. The molecule has 2 heterocycles. The molecule has 1 N–H and O–H groups in total. The Labute approximate surface area is 303 Å². The summed E-state index contributed by atoms with van der Waals surface area (Å²) in [7, 11) is 1.44. The number of nitrogens with zero attached hydrogens (tertiary/aromatic N) is 2. The number of ketones is 1. The van der Waals surface area contributed by atoms with Crippen LogP contribution in [0.2, 0.25) is 5.02 Å². The van der Waals surface area contributed by atoms with E-state index in [0.29, 0.717) is 28.0 Å². The number of ether oxygens (including phenoxy) is 1. The minimum absolute atomic E-state index is 0.0727. The van der Waals surface area contributed by atoms with Gasteiger partial charge in [-0.1, -0.05) is 59.6 Å². The van der Waals surface area contributed by atoms with E-state index in [0.717, 1.165) is 15.9 Å². The molecule has 2 saturated heterocycles. The zero-order valence-corrected chi connectivity index (χ0v) is 28.8. The van der Waals surface area contributed by atoms with Crippen molar-refractivity contribution in [3.63, 3.8) is 0 Å². The molecule has 0 bridgehead atoms. The normalized spacial score (nSPS) is 26.5. The molecule has 3 fully saturated rings. The minimum Gasteiger partial charge on any atom is -0.508 e. The van der Waals surface area contributed by atoms with E-state index in [9.17, 15) is 33.5 Å². The van der Waals surface area contributed by atoms with Crippen LogP contribution in [0.5, 0.6) is 11.5 Å². The van der Waals surface area contributed by atoms with Gasteiger partial charge in [0, 0.05) is 22.6 Å². The monoisotopic (exact) mass is 718 g/mol.